The number of rotatable bonds is 5. The quantitative estimate of drug-likeness (QED) is 0.402. The molecule has 34 heavy (non-hydrogen) atoms. The van der Waals surface area contributed by atoms with Gasteiger partial charge in [0.15, 0.2) is 5.82 Å². The molecule has 5 aromatic rings. The maximum Gasteiger partial charge on any atom is 0.159 e. The lowest BCUT2D eigenvalue weighted by Crippen LogP contribution is -2.44. The number of nitrogens with one attached hydrogen (secondary N) is 2. The van der Waals surface area contributed by atoms with Gasteiger partial charge >= 0.3 is 0 Å². The number of imidazole rings is 1. The van der Waals surface area contributed by atoms with Crippen LogP contribution in [0.5, 0.6) is 17.2 Å². The van der Waals surface area contributed by atoms with Crippen LogP contribution in [0.2, 0.25) is 0 Å². The zero-order valence-corrected chi connectivity index (χ0v) is 19.2. The van der Waals surface area contributed by atoms with Crippen molar-refractivity contribution in [3.63, 3.8) is 0 Å². The van der Waals surface area contributed by atoms with E-state index in [2.05, 4.69) is 50.2 Å². The lowest BCUT2D eigenvalue weighted by molar-refractivity contribution is 0.313. The van der Waals surface area contributed by atoms with Crippen LogP contribution in [-0.2, 0) is 0 Å². The number of fused-ring (bicyclic) bond motifs is 2. The van der Waals surface area contributed by atoms with E-state index in [1.54, 1.807) is 7.11 Å². The predicted octanol–water partition coefficient (Wildman–Crippen LogP) is 4.66. The Balaban J connectivity index is 1.30. The van der Waals surface area contributed by atoms with Gasteiger partial charge in [-0.1, -0.05) is 0 Å². The molecule has 0 saturated carbocycles. The summed E-state index contributed by atoms with van der Waals surface area (Å²) < 4.78 is 11.3. The highest BCUT2D eigenvalue weighted by Crippen LogP contribution is 2.32. The molecule has 8 nitrogen and oxygen atoms in total. The molecule has 172 valence electrons. The lowest BCUT2D eigenvalue weighted by Gasteiger charge is -2.34. The molecule has 0 unspecified atom stereocenters. The van der Waals surface area contributed by atoms with Crippen LogP contribution < -0.4 is 14.4 Å². The molecule has 3 aromatic carbocycles. The maximum absolute atomic E-state index is 6.06. The molecule has 0 atom stereocenters. The highest BCUT2D eigenvalue weighted by molar-refractivity contribution is 5.94. The molecule has 8 heteroatoms. The second-order valence-electron chi connectivity index (χ2n) is 8.63. The Kier molecular flexibility index (Phi) is 5.07. The molecule has 1 aliphatic heterocycles. The van der Waals surface area contributed by atoms with E-state index in [1.807, 2.05) is 42.5 Å². The molecule has 0 bridgehead atoms. The van der Waals surface area contributed by atoms with E-state index in [0.717, 1.165) is 76.9 Å². The minimum absolute atomic E-state index is 0.730. The van der Waals surface area contributed by atoms with Crippen LogP contribution in [0.4, 0.5) is 5.69 Å². The molecule has 0 radical (unpaired) electrons. The van der Waals surface area contributed by atoms with E-state index in [9.17, 15) is 0 Å². The molecule has 3 heterocycles. The molecule has 1 aliphatic rings. The van der Waals surface area contributed by atoms with E-state index in [-0.39, 0.29) is 0 Å². The van der Waals surface area contributed by atoms with Gasteiger partial charge in [-0.3, -0.25) is 5.10 Å². The molecule has 0 amide bonds. The van der Waals surface area contributed by atoms with Gasteiger partial charge in [-0.15, -0.1) is 0 Å². The standard InChI is InChI=1S/C26H26N6O2/c1-31-11-13-32(14-12-31)17-3-9-23-24(15-17)28-26(27-23)25-21-16-20(8-10-22(21)29-30-25)34-19-6-4-18(33-2)5-7-19/h3-10,15-16H,11-14H2,1-2H3,(H,27,28)(H,29,30). The van der Waals surface area contributed by atoms with Gasteiger partial charge in [0.25, 0.3) is 0 Å². The zero-order chi connectivity index (χ0) is 23.1. The third-order valence-electron chi connectivity index (χ3n) is 6.39. The average molecular weight is 455 g/mol. The van der Waals surface area contributed by atoms with Crippen molar-refractivity contribution in [3.05, 3.63) is 60.7 Å². The number of aromatic nitrogens is 4. The summed E-state index contributed by atoms with van der Waals surface area (Å²) in [6.45, 7) is 4.22. The number of ether oxygens (including phenoxy) is 2. The van der Waals surface area contributed by atoms with Crippen molar-refractivity contribution < 1.29 is 9.47 Å². The van der Waals surface area contributed by atoms with E-state index < -0.39 is 0 Å². The Hall–Kier alpha value is -4.04. The first-order chi connectivity index (χ1) is 16.7. The Bertz CT molecular complexity index is 1450. The summed E-state index contributed by atoms with van der Waals surface area (Å²) in [7, 11) is 3.82. The Labute approximate surface area is 197 Å². The number of hydrogen-bond donors (Lipinski definition) is 2. The number of methoxy groups -OCH3 is 1. The summed E-state index contributed by atoms with van der Waals surface area (Å²) in [5, 5.41) is 8.60. The number of anilines is 1. The van der Waals surface area contributed by atoms with Crippen molar-refractivity contribution in [2.75, 3.05) is 45.2 Å². The van der Waals surface area contributed by atoms with Crippen LogP contribution in [0.1, 0.15) is 0 Å². The average Bonchev–Trinajstić information content (AvgIpc) is 3.48. The molecule has 1 fully saturated rings. The summed E-state index contributed by atoms with van der Waals surface area (Å²) in [5.74, 6) is 3.00. The second-order valence-corrected chi connectivity index (χ2v) is 8.63. The third kappa shape index (κ3) is 3.82. The maximum atomic E-state index is 6.06. The van der Waals surface area contributed by atoms with Crippen LogP contribution in [0.3, 0.4) is 0 Å². The minimum Gasteiger partial charge on any atom is -0.497 e. The third-order valence-corrected chi connectivity index (χ3v) is 6.39. The van der Waals surface area contributed by atoms with Crippen molar-refractivity contribution in [2.24, 2.45) is 0 Å². The Morgan fingerprint density at radius 2 is 1.59 bits per heavy atom. The fraction of sp³-hybridized carbons (Fsp3) is 0.231. The first-order valence-corrected chi connectivity index (χ1v) is 11.4. The van der Waals surface area contributed by atoms with Crippen LogP contribution in [0.15, 0.2) is 60.7 Å². The first kappa shape index (κ1) is 20.6. The van der Waals surface area contributed by atoms with Crippen LogP contribution >= 0.6 is 0 Å². The SMILES string of the molecule is COc1ccc(Oc2ccc3[nH]nc(-c4nc5ccc(N6CCN(C)CC6)cc5[nH]4)c3c2)cc1. The first-order valence-electron chi connectivity index (χ1n) is 11.4. The summed E-state index contributed by atoms with van der Waals surface area (Å²) in [6, 6.07) is 19.8. The molecule has 6 rings (SSSR count). The molecule has 0 aliphatic carbocycles. The molecule has 1 saturated heterocycles. The normalized spacial score (nSPS) is 14.7. The topological polar surface area (TPSA) is 82.3 Å². The van der Waals surface area contributed by atoms with E-state index in [1.165, 1.54) is 5.69 Å². The number of piperazine rings is 1. The predicted molar refractivity (Wildman–Crippen MR) is 134 cm³/mol. The van der Waals surface area contributed by atoms with Gasteiger partial charge in [-0.2, -0.15) is 5.10 Å². The Morgan fingerprint density at radius 1 is 0.824 bits per heavy atom. The van der Waals surface area contributed by atoms with Gasteiger partial charge < -0.3 is 24.3 Å². The minimum atomic E-state index is 0.730. The second kappa shape index (κ2) is 8.39. The van der Waals surface area contributed by atoms with Crippen molar-refractivity contribution in [2.45, 2.75) is 0 Å². The highest BCUT2D eigenvalue weighted by Gasteiger charge is 2.17. The molecule has 2 N–H and O–H groups in total. The van der Waals surface area contributed by atoms with Crippen LogP contribution in [0, 0.1) is 0 Å². The van der Waals surface area contributed by atoms with Gasteiger partial charge in [0.05, 0.1) is 23.7 Å². The summed E-state index contributed by atoms with van der Waals surface area (Å²) >= 11 is 0. The van der Waals surface area contributed by atoms with E-state index in [0.29, 0.717) is 0 Å². The Morgan fingerprint density at radius 3 is 2.38 bits per heavy atom. The van der Waals surface area contributed by atoms with E-state index >= 15 is 0 Å². The zero-order valence-electron chi connectivity index (χ0n) is 19.2. The van der Waals surface area contributed by atoms with Gasteiger partial charge in [-0.25, -0.2) is 4.98 Å². The van der Waals surface area contributed by atoms with Gasteiger partial charge in [-0.05, 0) is 67.7 Å². The number of nitrogens with zero attached hydrogens (tertiary/aromatic N) is 4. The molecule has 2 aromatic heterocycles. The monoisotopic (exact) mass is 454 g/mol. The van der Waals surface area contributed by atoms with Gasteiger partial charge in [0.1, 0.15) is 22.9 Å². The van der Waals surface area contributed by atoms with Crippen molar-refractivity contribution in [3.8, 4) is 28.8 Å². The smallest absolute Gasteiger partial charge is 0.159 e. The molecule has 0 spiro atoms. The number of hydrogen-bond acceptors (Lipinski definition) is 6. The van der Waals surface area contributed by atoms with Gasteiger partial charge in [0, 0.05) is 37.3 Å². The van der Waals surface area contributed by atoms with E-state index in [4.69, 9.17) is 14.5 Å². The summed E-state index contributed by atoms with van der Waals surface area (Å²) in [6.07, 6.45) is 0. The number of benzene rings is 3. The van der Waals surface area contributed by atoms with Crippen molar-refractivity contribution >= 4 is 27.6 Å². The highest BCUT2D eigenvalue weighted by atomic mass is 16.5. The summed E-state index contributed by atoms with van der Waals surface area (Å²) in [5.41, 5.74) is 4.85. The van der Waals surface area contributed by atoms with Gasteiger partial charge in [0.2, 0.25) is 0 Å². The number of aromatic amines is 2. The number of H-pyrrole nitrogens is 2. The lowest BCUT2D eigenvalue weighted by atomic mass is 10.2. The molecular weight excluding hydrogens is 428 g/mol. The number of likely N-dealkylation sites (N-methyl/N-ethyl adjacent to an activating group) is 1. The van der Waals surface area contributed by atoms with Crippen LogP contribution in [-0.4, -0.2) is 65.4 Å². The van der Waals surface area contributed by atoms with Crippen LogP contribution in [0.25, 0.3) is 33.5 Å². The fourth-order valence-electron chi connectivity index (χ4n) is 4.39. The fourth-order valence-corrected chi connectivity index (χ4v) is 4.39. The largest absolute Gasteiger partial charge is 0.497 e. The summed E-state index contributed by atoms with van der Waals surface area (Å²) in [4.78, 5) is 13.1. The molecular formula is C26H26N6O2. The van der Waals surface area contributed by atoms with Crippen molar-refractivity contribution in [1.29, 1.82) is 0 Å². The van der Waals surface area contributed by atoms with Crippen molar-refractivity contribution in [1.82, 2.24) is 25.1 Å².